The summed E-state index contributed by atoms with van der Waals surface area (Å²) in [7, 11) is 1.79. The first kappa shape index (κ1) is 22.3. The van der Waals surface area contributed by atoms with Gasteiger partial charge in [-0.05, 0) is 57.3 Å². The van der Waals surface area contributed by atoms with Gasteiger partial charge in [-0.25, -0.2) is 9.78 Å². The highest BCUT2D eigenvalue weighted by atomic mass is 16.5. The van der Waals surface area contributed by atoms with Crippen molar-refractivity contribution in [1.82, 2.24) is 19.0 Å². The minimum atomic E-state index is -0.398. The van der Waals surface area contributed by atoms with Crippen molar-refractivity contribution in [2.45, 2.75) is 56.9 Å². The third-order valence-electron chi connectivity index (χ3n) is 8.34. The Hall–Kier alpha value is -3.13. The van der Waals surface area contributed by atoms with Crippen molar-refractivity contribution < 1.29 is 9.53 Å². The van der Waals surface area contributed by atoms with Crippen LogP contribution >= 0.6 is 0 Å². The van der Waals surface area contributed by atoms with Crippen molar-refractivity contribution in [3.05, 3.63) is 52.1 Å². The number of nitrogens with zero attached hydrogens (tertiary/aromatic N) is 4. The van der Waals surface area contributed by atoms with E-state index in [4.69, 9.17) is 4.74 Å². The van der Waals surface area contributed by atoms with E-state index in [9.17, 15) is 9.59 Å². The predicted octanol–water partition coefficient (Wildman–Crippen LogP) is 3.52. The van der Waals surface area contributed by atoms with E-state index < -0.39 is 5.41 Å². The quantitative estimate of drug-likeness (QED) is 0.611. The van der Waals surface area contributed by atoms with Crippen LogP contribution in [0.3, 0.4) is 0 Å². The van der Waals surface area contributed by atoms with Gasteiger partial charge >= 0.3 is 5.69 Å². The van der Waals surface area contributed by atoms with Crippen molar-refractivity contribution in [1.29, 1.82) is 0 Å². The van der Waals surface area contributed by atoms with Gasteiger partial charge in [0.2, 0.25) is 5.91 Å². The van der Waals surface area contributed by atoms with Crippen LogP contribution < -0.4 is 15.7 Å². The predicted molar refractivity (Wildman–Crippen MR) is 135 cm³/mol. The van der Waals surface area contributed by atoms with E-state index in [1.165, 1.54) is 18.4 Å². The molecule has 1 N–H and O–H groups in total. The van der Waals surface area contributed by atoms with Crippen LogP contribution in [-0.4, -0.2) is 51.2 Å². The van der Waals surface area contributed by atoms with Gasteiger partial charge in [-0.15, -0.1) is 0 Å². The average Bonchev–Trinajstić information content (AvgIpc) is 3.53. The Labute approximate surface area is 204 Å². The van der Waals surface area contributed by atoms with Gasteiger partial charge in [-0.1, -0.05) is 30.5 Å². The number of imidazole rings is 1. The summed E-state index contributed by atoms with van der Waals surface area (Å²) in [5.41, 5.74) is 4.50. The Bertz CT molecular complexity index is 1340. The van der Waals surface area contributed by atoms with Gasteiger partial charge in [0.15, 0.2) is 5.65 Å². The zero-order chi connectivity index (χ0) is 24.2. The van der Waals surface area contributed by atoms with Gasteiger partial charge in [-0.2, -0.15) is 0 Å². The van der Waals surface area contributed by atoms with Gasteiger partial charge in [0.25, 0.3) is 0 Å². The molecule has 1 spiro atoms. The number of carbonyl (C=O) groups is 1. The van der Waals surface area contributed by atoms with E-state index in [0.717, 1.165) is 62.1 Å². The second kappa shape index (κ2) is 8.52. The molecule has 3 aromatic rings. The van der Waals surface area contributed by atoms with Crippen LogP contribution in [0.1, 0.15) is 55.7 Å². The smallest absolute Gasteiger partial charge is 0.330 e. The van der Waals surface area contributed by atoms with Crippen LogP contribution in [-0.2, 0) is 17.3 Å². The molecular weight excluding hydrogens is 442 g/mol. The first-order valence-electron chi connectivity index (χ1n) is 12.8. The van der Waals surface area contributed by atoms with Gasteiger partial charge in [0, 0.05) is 31.4 Å². The number of likely N-dealkylation sites (tertiary alicyclic amines) is 1. The molecule has 2 fully saturated rings. The molecule has 2 aliphatic heterocycles. The summed E-state index contributed by atoms with van der Waals surface area (Å²) in [6, 6.07) is 8.48. The number of carbonyl (C=O) groups excluding carboxylic acids is 1. The lowest BCUT2D eigenvalue weighted by Crippen LogP contribution is -2.47. The normalized spacial score (nSPS) is 20.0. The number of hydrogen-bond donors (Lipinski definition) is 1. The number of piperidine rings is 1. The third-order valence-corrected chi connectivity index (χ3v) is 8.34. The molecule has 8 nitrogen and oxygen atoms in total. The summed E-state index contributed by atoms with van der Waals surface area (Å²) >= 11 is 0. The van der Waals surface area contributed by atoms with Crippen LogP contribution in [0, 0.1) is 6.92 Å². The summed E-state index contributed by atoms with van der Waals surface area (Å²) in [6.45, 7) is 5.14. The lowest BCUT2D eigenvalue weighted by Gasteiger charge is -2.38. The Morgan fingerprint density at radius 1 is 1.14 bits per heavy atom. The van der Waals surface area contributed by atoms with Crippen molar-refractivity contribution in [2.75, 3.05) is 31.6 Å². The highest BCUT2D eigenvalue weighted by Crippen LogP contribution is 2.45. The van der Waals surface area contributed by atoms with Crippen LogP contribution in [0.25, 0.3) is 11.2 Å². The summed E-state index contributed by atoms with van der Waals surface area (Å²) < 4.78 is 9.64. The van der Waals surface area contributed by atoms with E-state index in [1.54, 1.807) is 17.8 Å². The Kier molecular flexibility index (Phi) is 5.44. The van der Waals surface area contributed by atoms with Gasteiger partial charge in [-0.3, -0.25) is 18.8 Å². The second-order valence-corrected chi connectivity index (χ2v) is 10.4. The van der Waals surface area contributed by atoms with Crippen molar-refractivity contribution >= 4 is 22.8 Å². The minimum absolute atomic E-state index is 0.00603. The molecule has 0 atom stereocenters. The fraction of sp³-hybridized carbons (Fsp3) is 0.519. The number of fused-ring (bicyclic) bond motifs is 3. The molecule has 8 heteroatoms. The molecule has 0 radical (unpaired) electrons. The molecule has 1 aromatic carbocycles. The molecular formula is C27H33N5O3. The largest absolute Gasteiger partial charge is 0.491 e. The number of aryl methyl sites for hydroxylation is 2. The highest BCUT2D eigenvalue weighted by Gasteiger charge is 2.48. The van der Waals surface area contributed by atoms with Gasteiger partial charge < -0.3 is 10.1 Å². The van der Waals surface area contributed by atoms with Crippen molar-refractivity contribution in [3.63, 3.8) is 0 Å². The van der Waals surface area contributed by atoms with E-state index in [1.807, 2.05) is 16.7 Å². The summed E-state index contributed by atoms with van der Waals surface area (Å²) in [5, 5.41) is 3.09. The summed E-state index contributed by atoms with van der Waals surface area (Å²) in [5.74, 6) is 0.840. The molecule has 184 valence electrons. The standard InChI is InChI=1S/C27H33N5O3/c1-18-7-8-22-21(15-18)27(25(33)29-22)9-11-31(12-10-27)13-14-35-20-16-23-24(28-17-20)30(2)26(34)32(23)19-5-3-4-6-19/h7-8,15-17,19H,3-6,9-14H2,1-2H3,(H,29,33). The first-order valence-corrected chi connectivity index (χ1v) is 12.8. The topological polar surface area (TPSA) is 81.4 Å². The molecule has 6 rings (SSSR count). The molecule has 35 heavy (non-hydrogen) atoms. The number of amides is 1. The lowest BCUT2D eigenvalue weighted by atomic mass is 9.73. The SMILES string of the molecule is Cc1ccc2c(c1)C1(CCN(CCOc3cnc4c(c3)n(C3CCCC3)c(=O)n4C)CC1)C(=O)N2. The molecule has 0 bridgehead atoms. The molecule has 0 unspecified atom stereocenters. The molecule has 1 aliphatic carbocycles. The molecule has 1 amide bonds. The van der Waals surface area contributed by atoms with E-state index >= 15 is 0 Å². The zero-order valence-corrected chi connectivity index (χ0v) is 20.5. The number of ether oxygens (including phenoxy) is 1. The maximum atomic E-state index is 12.9. The molecule has 4 heterocycles. The van der Waals surface area contributed by atoms with E-state index in [2.05, 4.69) is 34.3 Å². The Morgan fingerprint density at radius 3 is 2.69 bits per heavy atom. The number of nitrogens with one attached hydrogen (secondary N) is 1. The number of rotatable bonds is 5. The van der Waals surface area contributed by atoms with Crippen LogP contribution in [0.2, 0.25) is 0 Å². The number of anilines is 1. The van der Waals surface area contributed by atoms with Crippen molar-refractivity contribution in [2.24, 2.45) is 7.05 Å². The highest BCUT2D eigenvalue weighted by molar-refractivity contribution is 6.06. The minimum Gasteiger partial charge on any atom is -0.491 e. The second-order valence-electron chi connectivity index (χ2n) is 10.4. The van der Waals surface area contributed by atoms with Gasteiger partial charge in [0.1, 0.15) is 12.4 Å². The fourth-order valence-electron chi connectivity index (χ4n) is 6.29. The monoisotopic (exact) mass is 475 g/mol. The first-order chi connectivity index (χ1) is 17.0. The average molecular weight is 476 g/mol. The van der Waals surface area contributed by atoms with E-state index in [-0.39, 0.29) is 17.6 Å². The molecule has 3 aliphatic rings. The Balaban J connectivity index is 1.11. The fourth-order valence-corrected chi connectivity index (χ4v) is 6.29. The number of hydrogen-bond acceptors (Lipinski definition) is 5. The lowest BCUT2D eigenvalue weighted by molar-refractivity contribution is -0.122. The number of aromatic nitrogens is 3. The maximum absolute atomic E-state index is 12.9. The maximum Gasteiger partial charge on any atom is 0.330 e. The van der Waals surface area contributed by atoms with Gasteiger partial charge in [0.05, 0.1) is 17.1 Å². The molecule has 1 saturated heterocycles. The van der Waals surface area contributed by atoms with E-state index in [0.29, 0.717) is 18.0 Å². The van der Waals surface area contributed by atoms with Crippen LogP contribution in [0.4, 0.5) is 5.69 Å². The summed E-state index contributed by atoms with van der Waals surface area (Å²) in [4.78, 5) is 32.6. The third kappa shape index (κ3) is 3.66. The molecule has 1 saturated carbocycles. The molecule has 2 aromatic heterocycles. The number of pyridine rings is 1. The summed E-state index contributed by atoms with van der Waals surface area (Å²) in [6.07, 6.45) is 7.78. The van der Waals surface area contributed by atoms with Crippen molar-refractivity contribution in [3.8, 4) is 5.75 Å². The number of benzene rings is 1. The van der Waals surface area contributed by atoms with Crippen LogP contribution in [0.15, 0.2) is 35.3 Å². The zero-order valence-electron chi connectivity index (χ0n) is 20.5. The van der Waals surface area contributed by atoms with Crippen LogP contribution in [0.5, 0.6) is 5.75 Å². The Morgan fingerprint density at radius 2 is 1.91 bits per heavy atom.